The Hall–Kier alpha value is -11.4. The van der Waals surface area contributed by atoms with E-state index in [9.17, 15) is 53.4 Å². The van der Waals surface area contributed by atoms with Crippen LogP contribution in [0.2, 0.25) is 0 Å². The Bertz CT molecular complexity index is 4090. The molecule has 0 spiro atoms. The van der Waals surface area contributed by atoms with Gasteiger partial charge >= 0.3 is 0 Å². The highest BCUT2D eigenvalue weighted by Crippen LogP contribution is 2.30. The highest BCUT2D eigenvalue weighted by molar-refractivity contribution is 6.04. The van der Waals surface area contributed by atoms with E-state index in [0.29, 0.717) is 39.7 Å². The molecule has 2 aliphatic heterocycles. The van der Waals surface area contributed by atoms with Crippen molar-refractivity contribution >= 4 is 103 Å². The number of nitrogens with one attached hydrogen (secondary N) is 13. The standard InChI is InChI=1S/C70H85N17O13/c1-38(2)27-52(62(93)80-51(17-9-25-75-70(72)73)69(100)87-26-10-18-58(87)68(99)77-35-59(71)90)81-66(97)56(32-48-45-13-5-3-11-40(45)29-41-12-4-6-14-46(41)48)85-63(94)53(28-39-19-21-44(89)22-20-39)82-67(98)57(36-88)86-64(95)54(30-42-33-76-49-16-8-7-15-47(42)49)83-65(96)55(31-43-34-74-37-78-43)84-61(92)50-23-24-60(91)79-50/h3-8,11-16,19-22,29,33-34,37-38,50-58,76,88-89H,9-10,17-18,23-28,30-32,35-36H2,1-2H3,(H2,71,90)(H,74,78)(H,77,99)(H,79,91)(H,80,93)(H,81,97)(H,82,98)(H,83,96)(H,84,92)(H,85,94)(H,86,95)(H4,72,73,75)/t50?,51-,52-,53-,54-,55-,56+,57-,58-/m0/s1. The van der Waals surface area contributed by atoms with E-state index in [1.165, 1.54) is 41.7 Å². The molecule has 0 saturated carbocycles. The quantitative estimate of drug-likeness (QED) is 0.0109. The first-order valence-electron chi connectivity index (χ1n) is 33.2. The number of hydrogen-bond acceptors (Lipinski definition) is 15. The van der Waals surface area contributed by atoms with Gasteiger partial charge in [-0.3, -0.25) is 58.1 Å². The molecule has 9 rings (SSSR count). The Balaban J connectivity index is 1.01. The molecular formula is C70H85N17O13. The molecule has 528 valence electrons. The van der Waals surface area contributed by atoms with Crippen LogP contribution in [-0.2, 0) is 78.4 Å². The molecule has 30 heteroatoms. The number of aliphatic hydroxyl groups is 1. The average Bonchev–Trinajstić information content (AvgIpc) is 1.75. The molecule has 0 bridgehead atoms. The van der Waals surface area contributed by atoms with E-state index in [4.69, 9.17) is 16.9 Å². The summed E-state index contributed by atoms with van der Waals surface area (Å²) in [6.07, 6.45) is 4.84. The lowest BCUT2D eigenvalue weighted by Gasteiger charge is -2.31. The third-order valence-electron chi connectivity index (χ3n) is 17.6. The molecule has 7 aromatic rings. The van der Waals surface area contributed by atoms with Crippen LogP contribution in [0.15, 0.2) is 122 Å². The largest absolute Gasteiger partial charge is 0.508 e. The van der Waals surface area contributed by atoms with Crippen LogP contribution < -0.4 is 64.6 Å². The van der Waals surface area contributed by atoms with Crippen molar-refractivity contribution in [1.29, 1.82) is 5.41 Å². The number of nitrogens with two attached hydrogens (primary N) is 2. The number of aromatic hydroxyl groups is 1. The summed E-state index contributed by atoms with van der Waals surface area (Å²) >= 11 is 0. The predicted octanol–water partition coefficient (Wildman–Crippen LogP) is -0.260. The van der Waals surface area contributed by atoms with Crippen LogP contribution in [0.4, 0.5) is 0 Å². The van der Waals surface area contributed by atoms with Crippen molar-refractivity contribution in [2.24, 2.45) is 17.4 Å². The Morgan fingerprint density at radius 2 is 1.21 bits per heavy atom. The summed E-state index contributed by atoms with van der Waals surface area (Å²) in [5, 5.41) is 59.7. The van der Waals surface area contributed by atoms with Gasteiger partial charge in [-0.25, -0.2) is 4.98 Å². The van der Waals surface area contributed by atoms with Crippen LogP contribution in [0.5, 0.6) is 5.75 Å². The fraction of sp³-hybridized carbons (Fsp3) is 0.386. The number of hydrogen-bond donors (Lipinski definition) is 17. The number of aromatic nitrogens is 3. The zero-order valence-corrected chi connectivity index (χ0v) is 55.4. The molecule has 19 N–H and O–H groups in total. The molecule has 5 aromatic carbocycles. The van der Waals surface area contributed by atoms with Gasteiger partial charge in [0.15, 0.2) is 5.96 Å². The minimum Gasteiger partial charge on any atom is -0.508 e. The third-order valence-corrected chi connectivity index (χ3v) is 17.6. The van der Waals surface area contributed by atoms with Crippen molar-refractivity contribution in [2.75, 3.05) is 26.2 Å². The SMILES string of the molecule is CC(C)C[C@H](NC(=O)[C@@H](Cc1c2ccccc2cc2ccccc12)NC(=O)[C@H](Cc1ccc(O)cc1)NC(=O)[C@H](CO)NC(=O)[C@H](Cc1c[nH]c2ccccc12)NC(=O)[C@H](Cc1c[nH]cn1)NC(=O)C1CCC(=O)N1)C(=O)N[C@@H](CCCNC(=N)N)C(=O)N1CCC[C@H]1C(=O)NCC(N)=O. The van der Waals surface area contributed by atoms with Crippen LogP contribution >= 0.6 is 0 Å². The second-order valence-electron chi connectivity index (χ2n) is 25.5. The summed E-state index contributed by atoms with van der Waals surface area (Å²) in [5.74, 6) is -9.23. The summed E-state index contributed by atoms with van der Waals surface area (Å²) in [4.78, 5) is 167. The van der Waals surface area contributed by atoms with Gasteiger partial charge in [-0.05, 0) is 107 Å². The number of rotatable bonds is 33. The zero-order valence-electron chi connectivity index (χ0n) is 55.4. The number of aromatic amines is 2. The lowest BCUT2D eigenvalue weighted by molar-refractivity contribution is -0.142. The van der Waals surface area contributed by atoms with E-state index in [2.05, 4.69) is 68.1 Å². The summed E-state index contributed by atoms with van der Waals surface area (Å²) in [5.41, 5.74) is 13.5. The topological polar surface area (TPSA) is 472 Å². The highest BCUT2D eigenvalue weighted by Gasteiger charge is 2.40. The van der Waals surface area contributed by atoms with E-state index < -0.39 is 127 Å². The lowest BCUT2D eigenvalue weighted by atomic mass is 9.92. The van der Waals surface area contributed by atoms with Crippen LogP contribution in [0.1, 0.15) is 81.2 Å². The number of carbonyl (C=O) groups is 11. The van der Waals surface area contributed by atoms with Gasteiger partial charge in [-0.1, -0.05) is 92.7 Å². The predicted molar refractivity (Wildman–Crippen MR) is 369 cm³/mol. The molecule has 2 aromatic heterocycles. The molecule has 0 radical (unpaired) electrons. The van der Waals surface area contributed by atoms with Crippen LogP contribution in [0.3, 0.4) is 0 Å². The first-order chi connectivity index (χ1) is 48.0. The number of H-pyrrole nitrogens is 2. The molecule has 2 aliphatic rings. The monoisotopic (exact) mass is 1370 g/mol. The van der Waals surface area contributed by atoms with Crippen molar-refractivity contribution < 1.29 is 63.0 Å². The maximum Gasteiger partial charge on any atom is 0.245 e. The number of phenolic OH excluding ortho intramolecular Hbond substituents is 1. The number of para-hydroxylation sites is 1. The van der Waals surface area contributed by atoms with Crippen molar-refractivity contribution in [3.05, 3.63) is 144 Å². The molecule has 9 atom stereocenters. The molecule has 4 heterocycles. The second-order valence-corrected chi connectivity index (χ2v) is 25.5. The number of aliphatic hydroxyl groups excluding tert-OH is 1. The number of fused-ring (bicyclic) bond motifs is 3. The fourth-order valence-electron chi connectivity index (χ4n) is 12.6. The molecule has 0 aliphatic carbocycles. The first kappa shape index (κ1) is 72.8. The summed E-state index contributed by atoms with van der Waals surface area (Å²) in [6, 6.07) is 17.3. The van der Waals surface area contributed by atoms with Crippen LogP contribution in [0.25, 0.3) is 32.4 Å². The average molecular weight is 1370 g/mol. The molecule has 2 fully saturated rings. The lowest BCUT2D eigenvalue weighted by Crippen LogP contribution is -2.61. The molecular weight excluding hydrogens is 1290 g/mol. The Morgan fingerprint density at radius 1 is 0.640 bits per heavy atom. The minimum atomic E-state index is -1.82. The first-order valence-corrected chi connectivity index (χ1v) is 33.2. The number of phenols is 1. The minimum absolute atomic E-state index is 0.00768. The van der Waals surface area contributed by atoms with Crippen LogP contribution in [0, 0.1) is 11.3 Å². The highest BCUT2D eigenvalue weighted by atomic mass is 16.3. The second kappa shape index (κ2) is 34.2. The summed E-state index contributed by atoms with van der Waals surface area (Å²) in [7, 11) is 0. The normalized spacial score (nSPS) is 16.4. The van der Waals surface area contributed by atoms with E-state index in [1.54, 1.807) is 30.5 Å². The summed E-state index contributed by atoms with van der Waals surface area (Å²) < 4.78 is 0. The van der Waals surface area contributed by atoms with E-state index in [-0.39, 0.29) is 101 Å². The van der Waals surface area contributed by atoms with Gasteiger partial charge < -0.3 is 89.7 Å². The number of carbonyl (C=O) groups excluding carboxylic acids is 11. The molecule has 100 heavy (non-hydrogen) atoms. The molecule has 11 amide bonds. The van der Waals surface area contributed by atoms with Gasteiger partial charge in [0.25, 0.3) is 0 Å². The third kappa shape index (κ3) is 19.4. The van der Waals surface area contributed by atoms with Crippen molar-refractivity contribution in [2.45, 2.75) is 139 Å². The van der Waals surface area contributed by atoms with Gasteiger partial charge in [0.1, 0.15) is 60.1 Å². The van der Waals surface area contributed by atoms with Gasteiger partial charge in [-0.15, -0.1) is 0 Å². The number of likely N-dealkylation sites (tertiary alicyclic amines) is 1. The Labute approximate surface area is 574 Å². The van der Waals surface area contributed by atoms with E-state index >= 15 is 9.59 Å². The number of primary amides is 1. The van der Waals surface area contributed by atoms with E-state index in [1.807, 2.05) is 68.4 Å². The number of benzene rings is 5. The summed E-state index contributed by atoms with van der Waals surface area (Å²) in [6.45, 7) is 2.38. The van der Waals surface area contributed by atoms with Gasteiger partial charge in [0.2, 0.25) is 65.0 Å². The number of amides is 11. The van der Waals surface area contributed by atoms with Crippen molar-refractivity contribution in [3.63, 3.8) is 0 Å². The van der Waals surface area contributed by atoms with Crippen LogP contribution in [-0.4, -0.2) is 182 Å². The van der Waals surface area contributed by atoms with Gasteiger partial charge in [0.05, 0.1) is 25.2 Å². The van der Waals surface area contributed by atoms with Crippen molar-refractivity contribution in [3.8, 4) is 5.75 Å². The van der Waals surface area contributed by atoms with Gasteiger partial charge in [0, 0.05) is 68.5 Å². The Morgan fingerprint density at radius 3 is 1.81 bits per heavy atom. The maximum atomic E-state index is 15.5. The Kier molecular flexibility index (Phi) is 24.9. The molecule has 2 saturated heterocycles. The van der Waals surface area contributed by atoms with E-state index in [0.717, 1.165) is 21.5 Å². The fourth-order valence-corrected chi connectivity index (χ4v) is 12.6. The number of guanidine groups is 1. The smallest absolute Gasteiger partial charge is 0.245 e. The van der Waals surface area contributed by atoms with Gasteiger partial charge in [-0.2, -0.15) is 0 Å². The number of imidazole rings is 1. The number of nitrogens with zero attached hydrogens (tertiary/aromatic N) is 2. The van der Waals surface area contributed by atoms with Crippen molar-refractivity contribution in [1.82, 2.24) is 73.0 Å². The maximum absolute atomic E-state index is 15.5. The molecule has 1 unspecified atom stereocenters. The zero-order chi connectivity index (χ0) is 71.6. The molecule has 30 nitrogen and oxygen atoms in total.